The number of hydrogen-bond acceptors (Lipinski definition) is 4. The standard InChI is InChI=1S/C16H23ClN4O2S.HI/c17-13-3-5-14(6-4-13)20-7-9-21(10-8-20)16(18)19-12-15-2-1-11-24(15,22)23;/h3-6,15H,1-2,7-12H2,(H2,18,19);1H. The number of guanidine groups is 1. The molecule has 1 unspecified atom stereocenters. The first-order valence-electron chi connectivity index (χ1n) is 8.23. The van der Waals surface area contributed by atoms with E-state index in [1.165, 1.54) is 0 Å². The van der Waals surface area contributed by atoms with Crippen molar-refractivity contribution in [2.75, 3.05) is 43.4 Å². The molecule has 0 amide bonds. The smallest absolute Gasteiger partial charge is 0.191 e. The van der Waals surface area contributed by atoms with Crippen molar-refractivity contribution in [3.63, 3.8) is 0 Å². The van der Waals surface area contributed by atoms with Crippen LogP contribution in [0.25, 0.3) is 0 Å². The fraction of sp³-hybridized carbons (Fsp3) is 0.562. The molecule has 2 N–H and O–H groups in total. The summed E-state index contributed by atoms with van der Waals surface area (Å²) in [6.07, 6.45) is 1.44. The molecule has 1 aromatic carbocycles. The van der Waals surface area contributed by atoms with Crippen LogP contribution in [0.3, 0.4) is 0 Å². The van der Waals surface area contributed by atoms with Gasteiger partial charge >= 0.3 is 0 Å². The first-order valence-corrected chi connectivity index (χ1v) is 10.3. The summed E-state index contributed by atoms with van der Waals surface area (Å²) in [7, 11) is -2.96. The van der Waals surface area contributed by atoms with Crippen LogP contribution >= 0.6 is 35.6 Å². The summed E-state index contributed by atoms with van der Waals surface area (Å²) in [5.41, 5.74) is 7.21. The average molecular weight is 499 g/mol. The van der Waals surface area contributed by atoms with Crippen molar-refractivity contribution >= 4 is 57.1 Å². The Morgan fingerprint density at radius 2 is 1.84 bits per heavy atom. The van der Waals surface area contributed by atoms with Gasteiger partial charge in [-0.25, -0.2) is 8.42 Å². The van der Waals surface area contributed by atoms with E-state index in [9.17, 15) is 8.42 Å². The van der Waals surface area contributed by atoms with Crippen LogP contribution in [-0.4, -0.2) is 63.0 Å². The van der Waals surface area contributed by atoms with E-state index in [-0.39, 0.29) is 41.5 Å². The Balaban J connectivity index is 0.00000225. The van der Waals surface area contributed by atoms with E-state index in [4.69, 9.17) is 17.3 Å². The summed E-state index contributed by atoms with van der Waals surface area (Å²) in [5.74, 6) is 0.736. The summed E-state index contributed by atoms with van der Waals surface area (Å²) >= 11 is 5.92. The molecule has 2 fully saturated rings. The molecule has 140 valence electrons. The van der Waals surface area contributed by atoms with Crippen LogP contribution in [0.4, 0.5) is 5.69 Å². The van der Waals surface area contributed by atoms with Gasteiger partial charge in [-0.1, -0.05) is 11.6 Å². The van der Waals surface area contributed by atoms with E-state index in [0.29, 0.717) is 12.4 Å². The zero-order valence-electron chi connectivity index (χ0n) is 14.0. The highest BCUT2D eigenvalue weighted by molar-refractivity contribution is 14.0. The van der Waals surface area contributed by atoms with Gasteiger partial charge in [0.1, 0.15) is 0 Å². The van der Waals surface area contributed by atoms with Crippen molar-refractivity contribution in [2.24, 2.45) is 10.7 Å². The maximum Gasteiger partial charge on any atom is 0.191 e. The highest BCUT2D eigenvalue weighted by atomic mass is 127. The molecule has 3 rings (SSSR count). The van der Waals surface area contributed by atoms with Crippen LogP contribution < -0.4 is 10.6 Å². The fourth-order valence-electron chi connectivity index (χ4n) is 3.20. The molecule has 0 aromatic heterocycles. The minimum Gasteiger partial charge on any atom is -0.370 e. The van der Waals surface area contributed by atoms with Crippen molar-refractivity contribution in [3.05, 3.63) is 29.3 Å². The molecular formula is C16H24ClIN4O2S. The lowest BCUT2D eigenvalue weighted by molar-refractivity contribution is 0.380. The van der Waals surface area contributed by atoms with E-state index in [0.717, 1.165) is 43.3 Å². The molecule has 2 heterocycles. The normalized spacial score (nSPS) is 23.4. The molecule has 9 heteroatoms. The van der Waals surface area contributed by atoms with Gasteiger partial charge in [0.25, 0.3) is 0 Å². The molecule has 1 atom stereocenters. The van der Waals surface area contributed by atoms with Crippen molar-refractivity contribution in [3.8, 4) is 0 Å². The topological polar surface area (TPSA) is 79.0 Å². The minimum atomic E-state index is -2.96. The molecule has 0 bridgehead atoms. The number of benzene rings is 1. The Bertz CT molecular complexity index is 703. The van der Waals surface area contributed by atoms with Gasteiger partial charge in [-0.3, -0.25) is 4.99 Å². The number of halogens is 2. The molecule has 2 aliphatic heterocycles. The summed E-state index contributed by atoms with van der Waals surface area (Å²) in [6, 6.07) is 7.81. The summed E-state index contributed by atoms with van der Waals surface area (Å²) < 4.78 is 23.7. The van der Waals surface area contributed by atoms with Crippen LogP contribution in [0.2, 0.25) is 5.02 Å². The van der Waals surface area contributed by atoms with Crippen LogP contribution in [0, 0.1) is 0 Å². The largest absolute Gasteiger partial charge is 0.370 e. The number of rotatable bonds is 3. The van der Waals surface area contributed by atoms with Crippen LogP contribution in [0.1, 0.15) is 12.8 Å². The van der Waals surface area contributed by atoms with E-state index >= 15 is 0 Å². The SMILES string of the molecule is I.NC(=NCC1CCCS1(=O)=O)N1CCN(c2ccc(Cl)cc2)CC1. The number of anilines is 1. The molecule has 2 saturated heterocycles. The summed E-state index contributed by atoms with van der Waals surface area (Å²) in [4.78, 5) is 8.64. The monoisotopic (exact) mass is 498 g/mol. The molecule has 0 spiro atoms. The Morgan fingerprint density at radius 3 is 2.40 bits per heavy atom. The highest BCUT2D eigenvalue weighted by Crippen LogP contribution is 2.21. The fourth-order valence-corrected chi connectivity index (χ4v) is 5.06. The molecule has 0 saturated carbocycles. The van der Waals surface area contributed by atoms with Gasteiger partial charge in [-0.05, 0) is 37.1 Å². The zero-order chi connectivity index (χ0) is 17.2. The Morgan fingerprint density at radius 1 is 1.20 bits per heavy atom. The minimum absolute atomic E-state index is 0. The second-order valence-electron chi connectivity index (χ2n) is 6.28. The van der Waals surface area contributed by atoms with Gasteiger partial charge in [0.05, 0.1) is 17.5 Å². The van der Waals surface area contributed by atoms with Crippen molar-refractivity contribution in [1.82, 2.24) is 4.90 Å². The quantitative estimate of drug-likeness (QED) is 0.392. The van der Waals surface area contributed by atoms with Crippen LogP contribution in [0.15, 0.2) is 29.3 Å². The first kappa shape index (κ1) is 20.6. The number of piperazine rings is 1. The molecule has 0 radical (unpaired) electrons. The third-order valence-electron chi connectivity index (χ3n) is 4.72. The van der Waals surface area contributed by atoms with Gasteiger partial charge < -0.3 is 15.5 Å². The Kier molecular flexibility index (Phi) is 7.21. The average Bonchev–Trinajstić information content (AvgIpc) is 2.92. The molecular weight excluding hydrogens is 475 g/mol. The van der Waals surface area contributed by atoms with E-state index in [1.807, 2.05) is 29.2 Å². The van der Waals surface area contributed by atoms with Crippen molar-refractivity contribution in [1.29, 1.82) is 0 Å². The lowest BCUT2D eigenvalue weighted by atomic mass is 10.2. The first-order chi connectivity index (χ1) is 11.5. The third-order valence-corrected chi connectivity index (χ3v) is 7.23. The maximum absolute atomic E-state index is 11.8. The number of hydrogen-bond donors (Lipinski definition) is 1. The summed E-state index contributed by atoms with van der Waals surface area (Å²) in [6.45, 7) is 3.52. The third kappa shape index (κ3) is 5.13. The zero-order valence-corrected chi connectivity index (χ0v) is 17.9. The number of nitrogens with two attached hydrogens (primary N) is 1. The van der Waals surface area contributed by atoms with E-state index in [1.54, 1.807) is 0 Å². The van der Waals surface area contributed by atoms with Gasteiger partial charge in [-0.2, -0.15) is 0 Å². The number of aliphatic imine (C=N–C) groups is 1. The molecule has 1 aromatic rings. The molecule has 0 aliphatic carbocycles. The second-order valence-corrected chi connectivity index (χ2v) is 9.12. The maximum atomic E-state index is 11.8. The van der Waals surface area contributed by atoms with Gasteiger partial charge in [0, 0.05) is 36.9 Å². The lowest BCUT2D eigenvalue weighted by Crippen LogP contribution is -2.51. The van der Waals surface area contributed by atoms with Crippen LogP contribution in [0.5, 0.6) is 0 Å². The van der Waals surface area contributed by atoms with Crippen molar-refractivity contribution in [2.45, 2.75) is 18.1 Å². The van der Waals surface area contributed by atoms with Crippen molar-refractivity contribution < 1.29 is 8.42 Å². The highest BCUT2D eigenvalue weighted by Gasteiger charge is 2.31. The molecule has 6 nitrogen and oxygen atoms in total. The second kappa shape index (κ2) is 8.77. The van der Waals surface area contributed by atoms with Gasteiger partial charge in [0.15, 0.2) is 15.8 Å². The number of sulfone groups is 1. The Hall–Kier alpha value is -0.740. The molecule has 25 heavy (non-hydrogen) atoms. The predicted molar refractivity (Wildman–Crippen MR) is 114 cm³/mol. The van der Waals surface area contributed by atoms with Crippen LogP contribution in [-0.2, 0) is 9.84 Å². The van der Waals surface area contributed by atoms with E-state index < -0.39 is 9.84 Å². The van der Waals surface area contributed by atoms with Gasteiger partial charge in [-0.15, -0.1) is 24.0 Å². The summed E-state index contributed by atoms with van der Waals surface area (Å²) in [5, 5.41) is 0.377. The Labute approximate surface area is 171 Å². The predicted octanol–water partition coefficient (Wildman–Crippen LogP) is 1.97. The molecule has 2 aliphatic rings. The van der Waals surface area contributed by atoms with E-state index in [2.05, 4.69) is 9.89 Å². The lowest BCUT2D eigenvalue weighted by Gasteiger charge is -2.36. The number of nitrogens with zero attached hydrogens (tertiary/aromatic N) is 3. The van der Waals surface area contributed by atoms with Gasteiger partial charge in [0.2, 0.25) is 0 Å².